The molecular formula is C5H3CuF6N2. The van der Waals surface area contributed by atoms with Crippen molar-refractivity contribution in [2.45, 2.75) is 10.1 Å². The van der Waals surface area contributed by atoms with Gasteiger partial charge in [0.15, 0.2) is 0 Å². The second-order valence-corrected chi connectivity index (χ2v) is 4.00. The molecule has 0 saturated heterocycles. The number of nitrogens with zero attached hydrogens (tertiary/aromatic N) is 2. The summed E-state index contributed by atoms with van der Waals surface area (Å²) in [5, 5.41) is -7.82. The van der Waals surface area contributed by atoms with E-state index in [-0.39, 0.29) is 3.70 Å². The predicted octanol–water partition coefficient (Wildman–Crippen LogP) is 2.30. The number of hydrogen-bond acceptors (Lipinski definition) is 1. The third-order valence-corrected chi connectivity index (χ3v) is 2.61. The van der Waals surface area contributed by atoms with Gasteiger partial charge in [0, 0.05) is 0 Å². The molecule has 14 heavy (non-hydrogen) atoms. The zero-order valence-electron chi connectivity index (χ0n) is 6.20. The van der Waals surface area contributed by atoms with Crippen molar-refractivity contribution < 1.29 is 40.5 Å². The normalized spacial score (nSPS) is 14.3. The summed E-state index contributed by atoms with van der Waals surface area (Å²) >= 11 is -3.81. The molecule has 2 nitrogen and oxygen atoms in total. The van der Waals surface area contributed by atoms with Crippen LogP contribution in [0.2, 0.25) is 0 Å². The van der Waals surface area contributed by atoms with Crippen LogP contribution in [0.25, 0.3) is 0 Å². The van der Waals surface area contributed by atoms with Crippen LogP contribution in [-0.4, -0.2) is 18.9 Å². The summed E-state index contributed by atoms with van der Waals surface area (Å²) in [6.45, 7) is 0. The monoisotopic (exact) mass is 268 g/mol. The van der Waals surface area contributed by atoms with Gasteiger partial charge in [-0.1, -0.05) is 0 Å². The second-order valence-electron chi connectivity index (χ2n) is 1.84. The van der Waals surface area contributed by atoms with Gasteiger partial charge in [0.1, 0.15) is 0 Å². The van der Waals surface area contributed by atoms with Gasteiger partial charge in [-0.3, -0.25) is 0 Å². The van der Waals surface area contributed by atoms with E-state index in [1.807, 2.05) is 0 Å². The molecule has 0 atom stereocenters. The summed E-state index contributed by atoms with van der Waals surface area (Å²) in [5.41, 5.74) is 0. The van der Waals surface area contributed by atoms with Crippen molar-refractivity contribution in [1.29, 1.82) is 0 Å². The molecule has 0 aliphatic carbocycles. The fraction of sp³-hybridized carbons (Fsp3) is 0.400. The van der Waals surface area contributed by atoms with Crippen molar-refractivity contribution in [3.05, 3.63) is 18.5 Å². The van der Waals surface area contributed by atoms with Gasteiger partial charge < -0.3 is 0 Å². The quantitative estimate of drug-likeness (QED) is 0.564. The van der Waals surface area contributed by atoms with Crippen LogP contribution in [0.5, 0.6) is 0 Å². The van der Waals surface area contributed by atoms with Crippen molar-refractivity contribution in [3.63, 3.8) is 0 Å². The molecule has 1 rings (SSSR count). The van der Waals surface area contributed by atoms with Crippen LogP contribution in [-0.2, 0) is 14.1 Å². The topological polar surface area (TPSA) is 17.8 Å². The maximum atomic E-state index is 12.0. The average Bonchev–Trinajstić information content (AvgIpc) is 2.31. The Morgan fingerprint density at radius 3 is 1.79 bits per heavy atom. The summed E-state index contributed by atoms with van der Waals surface area (Å²) in [6, 6.07) is 0.996. The van der Waals surface area contributed by atoms with E-state index in [1.54, 1.807) is 0 Å². The molecule has 0 amide bonds. The van der Waals surface area contributed by atoms with Gasteiger partial charge in [0.05, 0.1) is 0 Å². The molecule has 86 valence electrons. The summed E-state index contributed by atoms with van der Waals surface area (Å²) in [6.07, 6.45) is 1.48. The number of hydrogen-bond donors (Lipinski definition) is 0. The molecule has 1 aromatic heterocycles. The first-order valence-corrected chi connectivity index (χ1v) is 4.32. The average molecular weight is 269 g/mol. The van der Waals surface area contributed by atoms with Gasteiger partial charge in [0.25, 0.3) is 0 Å². The van der Waals surface area contributed by atoms with E-state index >= 15 is 0 Å². The Balaban J connectivity index is 3.08. The molecule has 0 aliphatic heterocycles. The molecule has 0 radical (unpaired) electrons. The Hall–Kier alpha value is -0.691. The molecule has 0 aliphatic rings. The van der Waals surface area contributed by atoms with Crippen LogP contribution in [0.15, 0.2) is 18.5 Å². The number of aromatic nitrogens is 2. The molecule has 0 saturated carbocycles. The predicted molar refractivity (Wildman–Crippen MR) is 29.7 cm³/mol. The van der Waals surface area contributed by atoms with Crippen LogP contribution < -0.4 is 0 Å². The van der Waals surface area contributed by atoms with Crippen molar-refractivity contribution in [2.75, 3.05) is 0 Å². The van der Waals surface area contributed by atoms with Crippen LogP contribution in [0, 0.1) is 0 Å². The SMILES string of the molecule is F[C](F)(F)[Cu]([n]1cccn1)[C](F)(F)F. The Morgan fingerprint density at radius 2 is 1.50 bits per heavy atom. The molecule has 0 N–H and O–H groups in total. The molecular weight excluding hydrogens is 266 g/mol. The Morgan fingerprint density at radius 1 is 1.00 bits per heavy atom. The number of halogens is 6. The van der Waals surface area contributed by atoms with Crippen molar-refractivity contribution in [2.24, 2.45) is 0 Å². The molecule has 1 heterocycles. The zero-order chi connectivity index (χ0) is 11.0. The van der Waals surface area contributed by atoms with Gasteiger partial charge in [-0.2, -0.15) is 0 Å². The van der Waals surface area contributed by atoms with Crippen LogP contribution in [0.3, 0.4) is 0 Å². The molecule has 0 bridgehead atoms. The van der Waals surface area contributed by atoms with Crippen LogP contribution in [0.4, 0.5) is 26.3 Å². The van der Waals surface area contributed by atoms with Gasteiger partial charge in [-0.25, -0.2) is 0 Å². The van der Waals surface area contributed by atoms with E-state index in [0.717, 1.165) is 12.3 Å². The first kappa shape index (κ1) is 11.4. The summed E-state index contributed by atoms with van der Waals surface area (Å²) < 4.78 is 71.9. The van der Waals surface area contributed by atoms with E-state index in [4.69, 9.17) is 0 Å². The van der Waals surface area contributed by atoms with Gasteiger partial charge >= 0.3 is 77.9 Å². The standard InChI is InChI=1S/C3H3N2.2CF3.Cu/c1-2-4-5-3-1;2*2-1(3)4;/h1-3H;;;/q-1;;;+1. The molecule has 0 unspecified atom stereocenters. The molecule has 0 aromatic carbocycles. The van der Waals surface area contributed by atoms with Crippen LogP contribution in [0.1, 0.15) is 0 Å². The fourth-order valence-electron chi connectivity index (χ4n) is 0.572. The van der Waals surface area contributed by atoms with Crippen LogP contribution >= 0.6 is 0 Å². The minimum atomic E-state index is -5.38. The number of alkyl halides is 6. The van der Waals surface area contributed by atoms with Gasteiger partial charge in [-0.15, -0.1) is 0 Å². The van der Waals surface area contributed by atoms with E-state index in [0.29, 0.717) is 6.20 Å². The minimum absolute atomic E-state index is 0.146. The van der Waals surface area contributed by atoms with E-state index in [9.17, 15) is 26.3 Å². The summed E-state index contributed by atoms with van der Waals surface area (Å²) in [7, 11) is 0. The first-order valence-electron chi connectivity index (χ1n) is 2.95. The Labute approximate surface area is 78.6 Å². The van der Waals surface area contributed by atoms with Gasteiger partial charge in [-0.05, 0) is 0 Å². The Bertz CT molecular complexity index is 274. The third-order valence-electron chi connectivity index (χ3n) is 0.914. The molecule has 0 spiro atoms. The molecule has 1 aromatic rings. The zero-order valence-corrected chi connectivity index (χ0v) is 7.14. The molecule has 0 fully saturated rings. The fourth-order valence-corrected chi connectivity index (χ4v) is 1.76. The first-order chi connectivity index (χ1) is 6.23. The third kappa shape index (κ3) is 2.42. The van der Waals surface area contributed by atoms with E-state index in [1.165, 1.54) is 0 Å². The summed E-state index contributed by atoms with van der Waals surface area (Å²) in [5.74, 6) is 0. The Kier molecular flexibility index (Phi) is 2.82. The maximum absolute atomic E-state index is 12.0. The second kappa shape index (κ2) is 3.47. The number of rotatable bonds is 1. The van der Waals surface area contributed by atoms with E-state index < -0.39 is 24.3 Å². The van der Waals surface area contributed by atoms with Gasteiger partial charge in [0.2, 0.25) is 0 Å². The van der Waals surface area contributed by atoms with E-state index in [2.05, 4.69) is 5.10 Å². The van der Waals surface area contributed by atoms with Crippen molar-refractivity contribution in [1.82, 2.24) is 8.80 Å². The van der Waals surface area contributed by atoms with Crippen molar-refractivity contribution in [3.8, 4) is 0 Å². The van der Waals surface area contributed by atoms with Crippen molar-refractivity contribution >= 4 is 0 Å². The summed E-state index contributed by atoms with van der Waals surface area (Å²) in [4.78, 5) is 0. The molecule has 9 heteroatoms.